The van der Waals surface area contributed by atoms with E-state index in [4.69, 9.17) is 4.74 Å². The number of anilines is 1. The Labute approximate surface area is 212 Å². The zero-order chi connectivity index (χ0) is 25.1. The second-order valence-electron chi connectivity index (χ2n) is 8.30. The van der Waals surface area contributed by atoms with Gasteiger partial charge in [0, 0.05) is 27.5 Å². The summed E-state index contributed by atoms with van der Waals surface area (Å²) in [6.07, 6.45) is 0. The fourth-order valence-electron chi connectivity index (χ4n) is 4.16. The molecule has 36 heavy (non-hydrogen) atoms. The third-order valence-corrected chi connectivity index (χ3v) is 7.10. The standard InChI is InChI=1S/C29H23FN2O3S/c1-35-25-11-4-2-8-21(25)17-31-28(33)20-13-14-27-24(16-20)32(18-19-7-6-9-22(30)15-19)29(34)23-10-3-5-12-26(23)36-27/h2-16H,17-18H2,1H3,(H,31,33). The number of hydrogen-bond donors (Lipinski definition) is 1. The summed E-state index contributed by atoms with van der Waals surface area (Å²) in [7, 11) is 1.59. The summed E-state index contributed by atoms with van der Waals surface area (Å²) < 4.78 is 19.3. The number of rotatable bonds is 6. The minimum atomic E-state index is -0.366. The van der Waals surface area contributed by atoms with Crippen LogP contribution in [0.1, 0.15) is 31.8 Å². The molecule has 7 heteroatoms. The van der Waals surface area contributed by atoms with Crippen molar-refractivity contribution in [2.75, 3.05) is 12.0 Å². The van der Waals surface area contributed by atoms with E-state index in [0.29, 0.717) is 34.7 Å². The molecular weight excluding hydrogens is 475 g/mol. The van der Waals surface area contributed by atoms with Crippen molar-refractivity contribution in [3.8, 4) is 5.75 Å². The highest BCUT2D eigenvalue weighted by atomic mass is 32.2. The highest BCUT2D eigenvalue weighted by molar-refractivity contribution is 7.99. The minimum absolute atomic E-state index is 0.171. The lowest BCUT2D eigenvalue weighted by atomic mass is 10.1. The molecule has 0 aliphatic carbocycles. The van der Waals surface area contributed by atoms with Crippen molar-refractivity contribution >= 4 is 29.3 Å². The summed E-state index contributed by atoms with van der Waals surface area (Å²) in [6, 6.07) is 26.4. The van der Waals surface area contributed by atoms with E-state index in [1.807, 2.05) is 48.5 Å². The lowest BCUT2D eigenvalue weighted by Crippen LogP contribution is -2.31. The van der Waals surface area contributed by atoms with Crippen LogP contribution in [0.25, 0.3) is 0 Å². The molecule has 0 saturated carbocycles. The van der Waals surface area contributed by atoms with Gasteiger partial charge in [0.25, 0.3) is 11.8 Å². The summed E-state index contributed by atoms with van der Waals surface area (Å²) in [4.78, 5) is 30.0. The molecule has 5 rings (SSSR count). The Morgan fingerprint density at radius 2 is 1.75 bits per heavy atom. The van der Waals surface area contributed by atoms with Crippen LogP contribution in [0.15, 0.2) is 101 Å². The quantitative estimate of drug-likeness (QED) is 0.350. The molecule has 0 atom stereocenters. The Hall–Kier alpha value is -4.10. The van der Waals surface area contributed by atoms with E-state index in [9.17, 15) is 14.0 Å². The minimum Gasteiger partial charge on any atom is -0.496 e. The lowest BCUT2D eigenvalue weighted by Gasteiger charge is -2.24. The molecule has 4 aromatic rings. The van der Waals surface area contributed by atoms with Crippen LogP contribution in [0.2, 0.25) is 0 Å². The number of nitrogens with zero attached hydrogens (tertiary/aromatic N) is 1. The first-order valence-corrected chi connectivity index (χ1v) is 12.2. The van der Waals surface area contributed by atoms with Gasteiger partial charge in [-0.2, -0.15) is 0 Å². The van der Waals surface area contributed by atoms with Gasteiger partial charge in [0.2, 0.25) is 0 Å². The Kier molecular flexibility index (Phi) is 6.73. The maximum absolute atomic E-state index is 13.9. The molecule has 0 fully saturated rings. The number of fused-ring (bicyclic) bond motifs is 2. The van der Waals surface area contributed by atoms with Crippen LogP contribution in [-0.2, 0) is 13.1 Å². The van der Waals surface area contributed by atoms with Gasteiger partial charge in [-0.1, -0.05) is 54.2 Å². The van der Waals surface area contributed by atoms with Crippen molar-refractivity contribution in [2.45, 2.75) is 22.9 Å². The molecule has 1 N–H and O–H groups in total. The number of ether oxygens (including phenoxy) is 1. The Morgan fingerprint density at radius 3 is 2.58 bits per heavy atom. The second-order valence-corrected chi connectivity index (χ2v) is 9.38. The predicted molar refractivity (Wildman–Crippen MR) is 138 cm³/mol. The molecule has 1 aliphatic heterocycles. The molecule has 1 heterocycles. The van der Waals surface area contributed by atoms with E-state index in [1.165, 1.54) is 23.9 Å². The number of benzene rings is 4. The number of para-hydroxylation sites is 1. The Balaban J connectivity index is 1.49. The van der Waals surface area contributed by atoms with Crippen molar-refractivity contribution in [2.24, 2.45) is 0 Å². The third kappa shape index (κ3) is 4.83. The number of carbonyl (C=O) groups is 2. The second kappa shape index (κ2) is 10.3. The summed E-state index contributed by atoms with van der Waals surface area (Å²) in [5.41, 5.74) is 3.11. The zero-order valence-electron chi connectivity index (χ0n) is 19.5. The van der Waals surface area contributed by atoms with Crippen molar-refractivity contribution in [1.29, 1.82) is 0 Å². The zero-order valence-corrected chi connectivity index (χ0v) is 20.3. The molecule has 2 amide bonds. The fourth-order valence-corrected chi connectivity index (χ4v) is 5.22. The molecule has 0 saturated heterocycles. The normalized spacial score (nSPS) is 12.4. The van der Waals surface area contributed by atoms with Crippen molar-refractivity contribution < 1.29 is 18.7 Å². The first-order valence-electron chi connectivity index (χ1n) is 11.4. The number of hydrogen-bond acceptors (Lipinski definition) is 4. The van der Waals surface area contributed by atoms with E-state index < -0.39 is 0 Å². The first-order chi connectivity index (χ1) is 17.5. The molecule has 0 aromatic heterocycles. The molecule has 0 radical (unpaired) electrons. The van der Waals surface area contributed by atoms with E-state index in [-0.39, 0.29) is 24.2 Å². The van der Waals surface area contributed by atoms with Gasteiger partial charge in [0.15, 0.2) is 0 Å². The van der Waals surface area contributed by atoms with Crippen LogP contribution in [0.5, 0.6) is 5.75 Å². The highest BCUT2D eigenvalue weighted by Gasteiger charge is 2.28. The number of nitrogens with one attached hydrogen (secondary N) is 1. The summed E-state index contributed by atoms with van der Waals surface area (Å²) >= 11 is 1.48. The van der Waals surface area contributed by atoms with E-state index in [0.717, 1.165) is 15.4 Å². The van der Waals surface area contributed by atoms with Crippen LogP contribution in [0, 0.1) is 5.82 Å². The number of halogens is 1. The SMILES string of the molecule is COc1ccccc1CNC(=O)c1ccc2c(c1)N(Cc1cccc(F)c1)C(=O)c1ccccc1S2. The van der Waals surface area contributed by atoms with Crippen LogP contribution < -0.4 is 15.0 Å². The van der Waals surface area contributed by atoms with Gasteiger partial charge in [-0.25, -0.2) is 4.39 Å². The number of methoxy groups -OCH3 is 1. The fraction of sp³-hybridized carbons (Fsp3) is 0.103. The largest absolute Gasteiger partial charge is 0.496 e. The summed E-state index contributed by atoms with van der Waals surface area (Å²) in [6.45, 7) is 0.469. The monoisotopic (exact) mass is 498 g/mol. The maximum atomic E-state index is 13.9. The first kappa shape index (κ1) is 23.6. The maximum Gasteiger partial charge on any atom is 0.259 e. The van der Waals surface area contributed by atoms with Gasteiger partial charge in [0.05, 0.1) is 24.9 Å². The molecule has 0 bridgehead atoms. The molecule has 0 unspecified atom stereocenters. The van der Waals surface area contributed by atoms with Gasteiger partial charge in [-0.3, -0.25) is 9.59 Å². The average molecular weight is 499 g/mol. The predicted octanol–water partition coefficient (Wildman–Crippen LogP) is 6.08. The number of carbonyl (C=O) groups excluding carboxylic acids is 2. The van der Waals surface area contributed by atoms with Gasteiger partial charge < -0.3 is 15.0 Å². The van der Waals surface area contributed by atoms with Crippen LogP contribution in [0.3, 0.4) is 0 Å². The lowest BCUT2D eigenvalue weighted by molar-refractivity contribution is 0.0947. The Bertz CT molecular complexity index is 1460. The van der Waals surface area contributed by atoms with Gasteiger partial charge >= 0.3 is 0 Å². The molecule has 4 aromatic carbocycles. The Morgan fingerprint density at radius 1 is 0.944 bits per heavy atom. The molecule has 180 valence electrons. The smallest absolute Gasteiger partial charge is 0.259 e. The summed E-state index contributed by atoms with van der Waals surface area (Å²) in [5, 5.41) is 2.93. The third-order valence-electron chi connectivity index (χ3n) is 5.96. The van der Waals surface area contributed by atoms with E-state index >= 15 is 0 Å². The van der Waals surface area contributed by atoms with Crippen molar-refractivity contribution in [1.82, 2.24) is 5.32 Å². The van der Waals surface area contributed by atoms with Crippen LogP contribution in [0.4, 0.5) is 10.1 Å². The average Bonchev–Trinajstić information content (AvgIpc) is 3.01. The van der Waals surface area contributed by atoms with Gasteiger partial charge in [0.1, 0.15) is 11.6 Å². The molecule has 0 spiro atoms. The summed E-state index contributed by atoms with van der Waals surface area (Å²) in [5.74, 6) is -0.142. The topological polar surface area (TPSA) is 58.6 Å². The van der Waals surface area contributed by atoms with Crippen molar-refractivity contribution in [3.63, 3.8) is 0 Å². The number of amides is 2. The van der Waals surface area contributed by atoms with E-state index in [2.05, 4.69) is 5.32 Å². The van der Waals surface area contributed by atoms with Crippen molar-refractivity contribution in [3.05, 3.63) is 119 Å². The molecular formula is C29H23FN2O3S. The van der Waals surface area contributed by atoms with E-state index in [1.54, 1.807) is 42.3 Å². The highest BCUT2D eigenvalue weighted by Crippen LogP contribution is 2.42. The molecule has 1 aliphatic rings. The molecule has 5 nitrogen and oxygen atoms in total. The van der Waals surface area contributed by atoms with Crippen LogP contribution >= 0.6 is 11.8 Å². The van der Waals surface area contributed by atoms with Gasteiger partial charge in [-0.15, -0.1) is 0 Å². The van der Waals surface area contributed by atoms with Gasteiger partial charge in [-0.05, 0) is 54.1 Å². The van der Waals surface area contributed by atoms with Crippen LogP contribution in [-0.4, -0.2) is 18.9 Å².